The average Bonchev–Trinajstić information content (AvgIpc) is 2.23. The van der Waals surface area contributed by atoms with Crippen molar-refractivity contribution in [3.63, 3.8) is 0 Å². The topological polar surface area (TPSA) is 29.3 Å². The molecule has 2 fully saturated rings. The van der Waals surface area contributed by atoms with E-state index in [9.17, 15) is 0 Å². The van der Waals surface area contributed by atoms with Gasteiger partial charge in [0.2, 0.25) is 0 Å². The van der Waals surface area contributed by atoms with E-state index in [-0.39, 0.29) is 5.54 Å². The molecule has 0 aromatic carbocycles. The van der Waals surface area contributed by atoms with Crippen LogP contribution in [0, 0.1) is 11.3 Å². The number of likely N-dealkylation sites (tertiary alicyclic amines) is 1. The van der Waals surface area contributed by atoms with E-state index >= 15 is 0 Å². The molecule has 1 saturated carbocycles. The van der Waals surface area contributed by atoms with Crippen molar-refractivity contribution in [1.82, 2.24) is 4.90 Å². The molecule has 2 nitrogen and oxygen atoms in total. The highest BCUT2D eigenvalue weighted by Gasteiger charge is 2.33. The highest BCUT2D eigenvalue weighted by atomic mass is 15.1. The molecule has 0 unspecified atom stereocenters. The Bertz CT molecular complexity index is 242. The van der Waals surface area contributed by atoms with Crippen molar-refractivity contribution in [2.75, 3.05) is 19.6 Å². The Morgan fingerprint density at radius 1 is 1.18 bits per heavy atom. The summed E-state index contributed by atoms with van der Waals surface area (Å²) in [6.07, 6.45) is 7.83. The van der Waals surface area contributed by atoms with E-state index in [1.165, 1.54) is 58.2 Å². The van der Waals surface area contributed by atoms with E-state index in [0.29, 0.717) is 5.41 Å². The second-order valence-electron chi connectivity index (χ2n) is 7.45. The molecule has 0 aromatic rings. The Balaban J connectivity index is 1.69. The molecule has 2 rings (SSSR count). The fraction of sp³-hybridized carbons (Fsp3) is 1.00. The molecule has 17 heavy (non-hydrogen) atoms. The Labute approximate surface area is 107 Å². The van der Waals surface area contributed by atoms with E-state index in [0.717, 1.165) is 5.92 Å². The highest BCUT2D eigenvalue weighted by Crippen LogP contribution is 2.35. The molecule has 0 aromatic heterocycles. The molecule has 2 N–H and O–H groups in total. The Hall–Kier alpha value is -0.0800. The van der Waals surface area contributed by atoms with Crippen molar-refractivity contribution in [3.8, 4) is 0 Å². The van der Waals surface area contributed by atoms with E-state index in [2.05, 4.69) is 25.7 Å². The maximum Gasteiger partial charge on any atom is 0.0166 e. The van der Waals surface area contributed by atoms with Crippen LogP contribution in [0.2, 0.25) is 0 Å². The van der Waals surface area contributed by atoms with Gasteiger partial charge in [-0.3, -0.25) is 0 Å². The minimum Gasteiger partial charge on any atom is -0.325 e. The third-order valence-electron chi connectivity index (χ3n) is 5.09. The van der Waals surface area contributed by atoms with E-state index < -0.39 is 0 Å². The first-order chi connectivity index (χ1) is 7.89. The van der Waals surface area contributed by atoms with Crippen molar-refractivity contribution in [3.05, 3.63) is 0 Å². The minimum atomic E-state index is 0.209. The summed E-state index contributed by atoms with van der Waals surface area (Å²) < 4.78 is 0. The highest BCUT2D eigenvalue weighted by molar-refractivity contribution is 4.93. The first-order valence-electron chi connectivity index (χ1n) is 7.40. The lowest BCUT2D eigenvalue weighted by Gasteiger charge is -2.42. The summed E-state index contributed by atoms with van der Waals surface area (Å²) in [5, 5.41) is 0. The quantitative estimate of drug-likeness (QED) is 0.819. The summed E-state index contributed by atoms with van der Waals surface area (Å²) in [6.45, 7) is 11.0. The smallest absolute Gasteiger partial charge is 0.0166 e. The van der Waals surface area contributed by atoms with Crippen molar-refractivity contribution in [2.45, 2.75) is 64.8 Å². The zero-order valence-electron chi connectivity index (χ0n) is 12.0. The van der Waals surface area contributed by atoms with Crippen LogP contribution in [0.25, 0.3) is 0 Å². The fourth-order valence-electron chi connectivity index (χ4n) is 3.28. The molecule has 1 heterocycles. The summed E-state index contributed by atoms with van der Waals surface area (Å²) in [6, 6.07) is 0. The molecule has 1 saturated heterocycles. The third kappa shape index (κ3) is 3.45. The summed E-state index contributed by atoms with van der Waals surface area (Å²) >= 11 is 0. The SMILES string of the molecule is CC(C)(C)C1CCN(CCC2(N)CCC2)CC1. The van der Waals surface area contributed by atoms with Gasteiger partial charge in [-0.15, -0.1) is 0 Å². The van der Waals surface area contributed by atoms with Gasteiger partial charge < -0.3 is 10.6 Å². The van der Waals surface area contributed by atoms with E-state index in [1.807, 2.05) is 0 Å². The standard InChI is InChI=1S/C15H30N2/c1-14(2,3)13-5-10-17(11-6-13)12-9-15(16)7-4-8-15/h13H,4-12,16H2,1-3H3. The lowest BCUT2D eigenvalue weighted by Crippen LogP contribution is -2.49. The van der Waals surface area contributed by atoms with Gasteiger partial charge >= 0.3 is 0 Å². The number of piperidine rings is 1. The molecule has 100 valence electrons. The zero-order chi connectivity index (χ0) is 12.5. The number of rotatable bonds is 3. The van der Waals surface area contributed by atoms with Crippen molar-refractivity contribution >= 4 is 0 Å². The average molecular weight is 238 g/mol. The molecule has 1 aliphatic heterocycles. The Kier molecular flexibility index (Phi) is 3.84. The van der Waals surface area contributed by atoms with Gasteiger partial charge in [-0.25, -0.2) is 0 Å². The molecule has 0 spiro atoms. The van der Waals surface area contributed by atoms with Gasteiger partial charge in [0, 0.05) is 5.54 Å². The Morgan fingerprint density at radius 3 is 2.18 bits per heavy atom. The first-order valence-corrected chi connectivity index (χ1v) is 7.40. The summed E-state index contributed by atoms with van der Waals surface area (Å²) in [4.78, 5) is 2.63. The number of hydrogen-bond acceptors (Lipinski definition) is 2. The van der Waals surface area contributed by atoms with Gasteiger partial charge in [0.1, 0.15) is 0 Å². The van der Waals surface area contributed by atoms with Gasteiger partial charge in [0.05, 0.1) is 0 Å². The van der Waals surface area contributed by atoms with Gasteiger partial charge in [-0.1, -0.05) is 20.8 Å². The van der Waals surface area contributed by atoms with Crippen molar-refractivity contribution in [2.24, 2.45) is 17.1 Å². The molecule has 0 radical (unpaired) electrons. The van der Waals surface area contributed by atoms with Crippen LogP contribution in [-0.2, 0) is 0 Å². The molecule has 2 aliphatic rings. The van der Waals surface area contributed by atoms with Crippen LogP contribution in [0.5, 0.6) is 0 Å². The first kappa shape index (κ1) is 13.4. The molecule has 0 bridgehead atoms. The maximum atomic E-state index is 6.29. The second kappa shape index (κ2) is 4.89. The summed E-state index contributed by atoms with van der Waals surface area (Å²) in [5.74, 6) is 0.911. The van der Waals surface area contributed by atoms with Crippen LogP contribution in [-0.4, -0.2) is 30.1 Å². The Morgan fingerprint density at radius 2 is 1.76 bits per heavy atom. The number of hydrogen-bond donors (Lipinski definition) is 1. The molecular formula is C15H30N2. The van der Waals surface area contributed by atoms with Crippen LogP contribution in [0.15, 0.2) is 0 Å². The predicted molar refractivity (Wildman–Crippen MR) is 74.0 cm³/mol. The van der Waals surface area contributed by atoms with E-state index in [4.69, 9.17) is 5.73 Å². The van der Waals surface area contributed by atoms with Gasteiger partial charge in [0.25, 0.3) is 0 Å². The monoisotopic (exact) mass is 238 g/mol. The fourth-order valence-corrected chi connectivity index (χ4v) is 3.28. The van der Waals surface area contributed by atoms with Crippen LogP contribution in [0.3, 0.4) is 0 Å². The molecule has 2 heteroatoms. The molecule has 0 amide bonds. The van der Waals surface area contributed by atoms with Crippen LogP contribution < -0.4 is 5.73 Å². The largest absolute Gasteiger partial charge is 0.325 e. The van der Waals surface area contributed by atoms with Crippen LogP contribution in [0.1, 0.15) is 59.3 Å². The second-order valence-corrected chi connectivity index (χ2v) is 7.45. The molecular weight excluding hydrogens is 208 g/mol. The number of nitrogens with zero attached hydrogens (tertiary/aromatic N) is 1. The van der Waals surface area contributed by atoms with Crippen LogP contribution in [0.4, 0.5) is 0 Å². The minimum absolute atomic E-state index is 0.209. The van der Waals surface area contributed by atoms with Gasteiger partial charge in [0.15, 0.2) is 0 Å². The van der Waals surface area contributed by atoms with E-state index in [1.54, 1.807) is 0 Å². The lowest BCUT2D eigenvalue weighted by molar-refractivity contribution is 0.0984. The summed E-state index contributed by atoms with van der Waals surface area (Å²) in [5.41, 5.74) is 6.99. The third-order valence-corrected chi connectivity index (χ3v) is 5.09. The zero-order valence-corrected chi connectivity index (χ0v) is 12.0. The summed E-state index contributed by atoms with van der Waals surface area (Å²) in [7, 11) is 0. The van der Waals surface area contributed by atoms with Gasteiger partial charge in [-0.2, -0.15) is 0 Å². The number of nitrogens with two attached hydrogens (primary N) is 1. The van der Waals surface area contributed by atoms with Crippen molar-refractivity contribution in [1.29, 1.82) is 0 Å². The predicted octanol–water partition coefficient (Wildman–Crippen LogP) is 3.02. The normalized spacial score (nSPS) is 26.8. The molecule has 0 atom stereocenters. The van der Waals surface area contributed by atoms with Crippen LogP contribution >= 0.6 is 0 Å². The van der Waals surface area contributed by atoms with Gasteiger partial charge in [-0.05, 0) is 69.5 Å². The lowest BCUT2D eigenvalue weighted by atomic mass is 9.74. The van der Waals surface area contributed by atoms with Crippen molar-refractivity contribution < 1.29 is 0 Å². The molecule has 1 aliphatic carbocycles. The maximum absolute atomic E-state index is 6.29.